The fourth-order valence-corrected chi connectivity index (χ4v) is 2.87. The van der Waals surface area contributed by atoms with Crippen molar-refractivity contribution in [2.45, 2.75) is 50.7 Å². The van der Waals surface area contributed by atoms with E-state index >= 15 is 0 Å². The van der Waals surface area contributed by atoms with E-state index in [1.165, 1.54) is 4.90 Å². The van der Waals surface area contributed by atoms with Crippen molar-refractivity contribution < 1.29 is 19.1 Å². The first-order valence-corrected chi connectivity index (χ1v) is 6.24. The monoisotopic (exact) mass is 243 g/mol. The summed E-state index contributed by atoms with van der Waals surface area (Å²) >= 11 is 0. The third-order valence-corrected chi connectivity index (χ3v) is 3.79. The zero-order valence-corrected chi connectivity index (χ0v) is 9.77. The molecule has 96 valence electrons. The molecule has 2 fully saturated rings. The van der Waals surface area contributed by atoms with Crippen LogP contribution in [-0.4, -0.2) is 40.6 Å². The summed E-state index contributed by atoms with van der Waals surface area (Å²) < 4.78 is 13.2. The molecule has 1 aliphatic heterocycles. The fourth-order valence-electron chi connectivity index (χ4n) is 2.87. The van der Waals surface area contributed by atoms with Crippen LogP contribution in [0.25, 0.3) is 0 Å². The summed E-state index contributed by atoms with van der Waals surface area (Å²) in [5.41, 5.74) is 0. The normalized spacial score (nSPS) is 29.8. The lowest BCUT2D eigenvalue weighted by Gasteiger charge is -2.22. The number of likely N-dealkylation sites (tertiary alicyclic amines) is 1. The van der Waals surface area contributed by atoms with Crippen molar-refractivity contribution in [2.75, 3.05) is 6.54 Å². The van der Waals surface area contributed by atoms with Crippen LogP contribution in [0.15, 0.2) is 0 Å². The summed E-state index contributed by atoms with van der Waals surface area (Å²) in [5, 5.41) is 8.95. The van der Waals surface area contributed by atoms with Gasteiger partial charge in [-0.25, -0.2) is 9.18 Å². The van der Waals surface area contributed by atoms with Gasteiger partial charge in [-0.05, 0) is 18.8 Å². The number of alkyl halides is 1. The molecule has 1 saturated carbocycles. The minimum absolute atomic E-state index is 0.0531. The number of hydrogen-bond acceptors (Lipinski definition) is 2. The Labute approximate surface area is 99.8 Å². The molecule has 0 aromatic carbocycles. The number of aliphatic carboxylic acids is 1. The minimum Gasteiger partial charge on any atom is -0.480 e. The topological polar surface area (TPSA) is 57.6 Å². The van der Waals surface area contributed by atoms with E-state index in [1.54, 1.807) is 0 Å². The SMILES string of the molecule is O=C(O)[C@@H]1C[C@@H](F)CN1C(=O)CC1CCCC1. The zero-order chi connectivity index (χ0) is 12.4. The standard InChI is InChI=1S/C12H18FNO3/c13-9-6-10(12(16)17)14(7-9)11(15)5-8-3-1-2-4-8/h8-10H,1-7H2,(H,16,17)/t9-,10+/m1/s1. The van der Waals surface area contributed by atoms with Crippen molar-refractivity contribution in [3.8, 4) is 0 Å². The predicted molar refractivity (Wildman–Crippen MR) is 59.2 cm³/mol. The van der Waals surface area contributed by atoms with E-state index in [0.717, 1.165) is 25.7 Å². The van der Waals surface area contributed by atoms with E-state index in [9.17, 15) is 14.0 Å². The Morgan fingerprint density at radius 3 is 2.53 bits per heavy atom. The van der Waals surface area contributed by atoms with Gasteiger partial charge in [0.25, 0.3) is 0 Å². The maximum atomic E-state index is 13.2. The third kappa shape index (κ3) is 2.76. The molecule has 0 radical (unpaired) electrons. The van der Waals surface area contributed by atoms with Gasteiger partial charge in [0.15, 0.2) is 0 Å². The third-order valence-electron chi connectivity index (χ3n) is 3.79. The van der Waals surface area contributed by atoms with Crippen LogP contribution >= 0.6 is 0 Å². The van der Waals surface area contributed by atoms with E-state index in [-0.39, 0.29) is 18.9 Å². The second-order valence-corrected chi connectivity index (χ2v) is 5.09. The first kappa shape index (κ1) is 12.3. The van der Waals surface area contributed by atoms with Gasteiger partial charge in [-0.2, -0.15) is 0 Å². The Balaban J connectivity index is 1.94. The summed E-state index contributed by atoms with van der Waals surface area (Å²) in [4.78, 5) is 24.1. The summed E-state index contributed by atoms with van der Waals surface area (Å²) in [6, 6.07) is -0.959. The highest BCUT2D eigenvalue weighted by Crippen LogP contribution is 2.30. The molecule has 1 N–H and O–H groups in total. The molecule has 0 bridgehead atoms. The Morgan fingerprint density at radius 1 is 1.29 bits per heavy atom. The molecule has 1 saturated heterocycles. The van der Waals surface area contributed by atoms with Crippen LogP contribution in [0.1, 0.15) is 38.5 Å². The number of halogens is 1. The van der Waals surface area contributed by atoms with Gasteiger partial charge in [-0.1, -0.05) is 12.8 Å². The smallest absolute Gasteiger partial charge is 0.326 e. The highest BCUT2D eigenvalue weighted by atomic mass is 19.1. The molecular formula is C12H18FNO3. The van der Waals surface area contributed by atoms with Gasteiger partial charge < -0.3 is 10.0 Å². The number of amides is 1. The van der Waals surface area contributed by atoms with E-state index in [2.05, 4.69) is 0 Å². The lowest BCUT2D eigenvalue weighted by atomic mass is 10.0. The highest BCUT2D eigenvalue weighted by molar-refractivity contribution is 5.84. The average Bonchev–Trinajstić information content (AvgIpc) is 2.86. The molecule has 0 aromatic rings. The lowest BCUT2D eigenvalue weighted by molar-refractivity contribution is -0.148. The molecule has 1 heterocycles. The van der Waals surface area contributed by atoms with Gasteiger partial charge in [0, 0.05) is 12.8 Å². The number of carbonyl (C=O) groups is 2. The van der Waals surface area contributed by atoms with Crippen molar-refractivity contribution in [2.24, 2.45) is 5.92 Å². The maximum Gasteiger partial charge on any atom is 0.326 e. The molecule has 5 heteroatoms. The van der Waals surface area contributed by atoms with Gasteiger partial charge in [0.2, 0.25) is 5.91 Å². The number of rotatable bonds is 3. The van der Waals surface area contributed by atoms with Crippen molar-refractivity contribution in [3.05, 3.63) is 0 Å². The quantitative estimate of drug-likeness (QED) is 0.819. The van der Waals surface area contributed by atoms with Crippen molar-refractivity contribution >= 4 is 11.9 Å². The van der Waals surface area contributed by atoms with E-state index in [1.807, 2.05) is 0 Å². The number of carboxylic acids is 1. The van der Waals surface area contributed by atoms with Crippen LogP contribution < -0.4 is 0 Å². The number of carboxylic acid groups (broad SMARTS) is 1. The average molecular weight is 243 g/mol. The summed E-state index contributed by atoms with van der Waals surface area (Å²) in [6.45, 7) is -0.0531. The molecular weight excluding hydrogens is 225 g/mol. The molecule has 2 rings (SSSR count). The first-order chi connectivity index (χ1) is 8.08. The summed E-state index contributed by atoms with van der Waals surface area (Å²) in [7, 11) is 0. The van der Waals surface area contributed by atoms with Crippen molar-refractivity contribution in [1.29, 1.82) is 0 Å². The first-order valence-electron chi connectivity index (χ1n) is 6.24. The lowest BCUT2D eigenvalue weighted by Crippen LogP contribution is -2.41. The van der Waals surface area contributed by atoms with Gasteiger partial charge >= 0.3 is 5.97 Å². The molecule has 1 amide bonds. The number of nitrogens with zero attached hydrogens (tertiary/aromatic N) is 1. The molecule has 4 nitrogen and oxygen atoms in total. The van der Waals surface area contributed by atoms with Crippen LogP contribution in [0.4, 0.5) is 4.39 Å². The second-order valence-electron chi connectivity index (χ2n) is 5.09. The Hall–Kier alpha value is -1.13. The minimum atomic E-state index is -1.19. The molecule has 1 aliphatic carbocycles. The Kier molecular flexibility index (Phi) is 3.64. The Bertz CT molecular complexity index is 315. The molecule has 2 atom stereocenters. The molecule has 0 aromatic heterocycles. The van der Waals surface area contributed by atoms with Crippen LogP contribution in [-0.2, 0) is 9.59 Å². The van der Waals surface area contributed by atoms with Crippen LogP contribution in [0.3, 0.4) is 0 Å². The van der Waals surface area contributed by atoms with E-state index in [0.29, 0.717) is 12.3 Å². The summed E-state index contributed by atoms with van der Waals surface area (Å²) in [6.07, 6.45) is 3.50. The molecule has 0 spiro atoms. The molecule has 2 aliphatic rings. The van der Waals surface area contributed by atoms with Crippen LogP contribution in [0.5, 0.6) is 0 Å². The van der Waals surface area contributed by atoms with Crippen LogP contribution in [0, 0.1) is 5.92 Å². The van der Waals surface area contributed by atoms with Gasteiger partial charge in [0.1, 0.15) is 12.2 Å². The van der Waals surface area contributed by atoms with Gasteiger partial charge in [0.05, 0.1) is 6.54 Å². The van der Waals surface area contributed by atoms with Gasteiger partial charge in [-0.3, -0.25) is 4.79 Å². The molecule has 0 unspecified atom stereocenters. The summed E-state index contributed by atoms with van der Waals surface area (Å²) in [5.74, 6) is -0.912. The van der Waals surface area contributed by atoms with E-state index in [4.69, 9.17) is 5.11 Å². The van der Waals surface area contributed by atoms with Crippen molar-refractivity contribution in [3.63, 3.8) is 0 Å². The zero-order valence-electron chi connectivity index (χ0n) is 9.77. The molecule has 17 heavy (non-hydrogen) atoms. The predicted octanol–water partition coefficient (Wildman–Crippen LogP) is 1.59. The van der Waals surface area contributed by atoms with Gasteiger partial charge in [-0.15, -0.1) is 0 Å². The van der Waals surface area contributed by atoms with E-state index < -0.39 is 18.2 Å². The number of hydrogen-bond donors (Lipinski definition) is 1. The van der Waals surface area contributed by atoms with Crippen molar-refractivity contribution in [1.82, 2.24) is 4.90 Å². The van der Waals surface area contributed by atoms with Crippen LogP contribution in [0.2, 0.25) is 0 Å². The highest BCUT2D eigenvalue weighted by Gasteiger charge is 2.40. The fraction of sp³-hybridized carbons (Fsp3) is 0.833. The largest absolute Gasteiger partial charge is 0.480 e. The second kappa shape index (κ2) is 5.02. The number of carbonyl (C=O) groups excluding carboxylic acids is 1. The Morgan fingerprint density at radius 2 is 1.94 bits per heavy atom. The maximum absolute atomic E-state index is 13.2.